The van der Waals surface area contributed by atoms with E-state index in [-0.39, 0.29) is 0 Å². The van der Waals surface area contributed by atoms with Crippen LogP contribution >= 0.6 is 11.3 Å². The molecule has 0 aliphatic heterocycles. The first-order valence-corrected chi connectivity index (χ1v) is 8.19. The highest BCUT2D eigenvalue weighted by atomic mass is 32.1. The molecule has 0 saturated heterocycles. The van der Waals surface area contributed by atoms with Crippen LogP contribution in [0.1, 0.15) is 44.2 Å². The van der Waals surface area contributed by atoms with Crippen LogP contribution in [-0.2, 0) is 4.79 Å². The summed E-state index contributed by atoms with van der Waals surface area (Å²) >= 11 is 1.29. The normalized spacial score (nSPS) is 30.2. The molecule has 3 N–H and O–H groups in total. The second kappa shape index (κ2) is 5.56. The van der Waals surface area contributed by atoms with Gasteiger partial charge in [0.15, 0.2) is 5.13 Å². The van der Waals surface area contributed by atoms with E-state index >= 15 is 0 Å². The van der Waals surface area contributed by atoms with E-state index in [2.05, 4.69) is 4.98 Å². The number of rotatable bonds is 3. The molecule has 0 amide bonds. The van der Waals surface area contributed by atoms with Gasteiger partial charge in [-0.2, -0.15) is 0 Å². The number of allylic oxidation sites excluding steroid dienone is 1. The molecule has 1 heterocycles. The molecule has 2 aliphatic carbocycles. The summed E-state index contributed by atoms with van der Waals surface area (Å²) in [5, 5.41) is 11.6. The first kappa shape index (κ1) is 13.6. The average molecular weight is 292 g/mol. The van der Waals surface area contributed by atoms with E-state index in [0.29, 0.717) is 28.2 Å². The number of carboxylic acid groups (broad SMARTS) is 1. The summed E-state index contributed by atoms with van der Waals surface area (Å²) in [4.78, 5) is 15.6. The van der Waals surface area contributed by atoms with Gasteiger partial charge in [-0.3, -0.25) is 0 Å². The standard InChI is InChI=1S/C15H20N2O2S/c16-15-17-13(8-20-15)12(14(18)19)7-10-6-5-9-3-1-2-4-11(9)10/h7-11H,1-6H2,(H2,16,17)(H,18,19)/b12-7-. The zero-order valence-corrected chi connectivity index (χ0v) is 12.2. The molecule has 0 bridgehead atoms. The number of hydrogen-bond acceptors (Lipinski definition) is 4. The Bertz CT molecular complexity index is 538. The number of carboxylic acids is 1. The average Bonchev–Trinajstić information content (AvgIpc) is 3.02. The lowest BCUT2D eigenvalue weighted by molar-refractivity contribution is -0.130. The smallest absolute Gasteiger partial charge is 0.337 e. The first-order valence-electron chi connectivity index (χ1n) is 7.31. The molecule has 3 rings (SSSR count). The van der Waals surface area contributed by atoms with Gasteiger partial charge in [-0.15, -0.1) is 11.3 Å². The van der Waals surface area contributed by atoms with Crippen molar-refractivity contribution in [2.45, 2.75) is 38.5 Å². The van der Waals surface area contributed by atoms with E-state index in [0.717, 1.165) is 12.3 Å². The van der Waals surface area contributed by atoms with Gasteiger partial charge in [0.1, 0.15) is 0 Å². The van der Waals surface area contributed by atoms with Crippen LogP contribution in [0.15, 0.2) is 11.5 Å². The summed E-state index contributed by atoms with van der Waals surface area (Å²) in [5.41, 5.74) is 6.46. The lowest BCUT2D eigenvalue weighted by atomic mass is 9.77. The van der Waals surface area contributed by atoms with Crippen LogP contribution in [0.3, 0.4) is 0 Å². The predicted molar refractivity (Wildman–Crippen MR) is 80.3 cm³/mol. The van der Waals surface area contributed by atoms with Crippen molar-refractivity contribution in [3.05, 3.63) is 17.2 Å². The molecule has 3 unspecified atom stereocenters. The zero-order chi connectivity index (χ0) is 14.1. The largest absolute Gasteiger partial charge is 0.478 e. The lowest BCUT2D eigenvalue weighted by Gasteiger charge is -2.28. The molecule has 1 aromatic heterocycles. The minimum atomic E-state index is -0.894. The predicted octanol–water partition coefficient (Wildman–Crippen LogP) is 3.41. The van der Waals surface area contributed by atoms with Crippen molar-refractivity contribution in [2.75, 3.05) is 5.73 Å². The molecule has 2 fully saturated rings. The number of carbonyl (C=O) groups is 1. The fourth-order valence-electron chi connectivity index (χ4n) is 3.88. The van der Waals surface area contributed by atoms with Gasteiger partial charge in [-0.05, 0) is 37.0 Å². The Hall–Kier alpha value is -1.36. The molecule has 0 aromatic carbocycles. The topological polar surface area (TPSA) is 76.2 Å². The Kier molecular flexibility index (Phi) is 3.78. The first-order chi connectivity index (χ1) is 9.65. The Labute approximate surface area is 122 Å². The van der Waals surface area contributed by atoms with Crippen molar-refractivity contribution in [1.82, 2.24) is 4.98 Å². The minimum Gasteiger partial charge on any atom is -0.478 e. The fourth-order valence-corrected chi connectivity index (χ4v) is 4.44. The van der Waals surface area contributed by atoms with Gasteiger partial charge in [-0.25, -0.2) is 9.78 Å². The van der Waals surface area contributed by atoms with Crippen LogP contribution in [0.4, 0.5) is 5.13 Å². The Morgan fingerprint density at radius 1 is 1.35 bits per heavy atom. The zero-order valence-electron chi connectivity index (χ0n) is 11.4. The van der Waals surface area contributed by atoms with Crippen LogP contribution in [-0.4, -0.2) is 16.1 Å². The van der Waals surface area contributed by atoms with E-state index in [9.17, 15) is 9.90 Å². The number of aliphatic carboxylic acids is 1. The Morgan fingerprint density at radius 3 is 2.85 bits per heavy atom. The van der Waals surface area contributed by atoms with Crippen molar-refractivity contribution in [3.63, 3.8) is 0 Å². The summed E-state index contributed by atoms with van der Waals surface area (Å²) in [5.74, 6) is 0.985. The molecular formula is C15H20N2O2S. The third kappa shape index (κ3) is 2.59. The van der Waals surface area contributed by atoms with Gasteiger partial charge in [0.2, 0.25) is 0 Å². The molecule has 20 heavy (non-hydrogen) atoms. The highest BCUT2D eigenvalue weighted by molar-refractivity contribution is 7.13. The summed E-state index contributed by atoms with van der Waals surface area (Å²) in [6, 6.07) is 0. The van der Waals surface area contributed by atoms with Crippen LogP contribution in [0.25, 0.3) is 5.57 Å². The van der Waals surface area contributed by atoms with Crippen LogP contribution in [0.2, 0.25) is 0 Å². The van der Waals surface area contributed by atoms with E-state index in [4.69, 9.17) is 5.73 Å². The van der Waals surface area contributed by atoms with Gasteiger partial charge in [0, 0.05) is 5.38 Å². The van der Waals surface area contributed by atoms with E-state index in [1.54, 1.807) is 5.38 Å². The van der Waals surface area contributed by atoms with Crippen molar-refractivity contribution < 1.29 is 9.90 Å². The number of nitrogen functional groups attached to an aromatic ring is 1. The van der Waals surface area contributed by atoms with E-state index < -0.39 is 5.97 Å². The maximum absolute atomic E-state index is 11.5. The maximum Gasteiger partial charge on any atom is 0.337 e. The van der Waals surface area contributed by atoms with Gasteiger partial charge in [0.05, 0.1) is 11.3 Å². The number of thiazole rings is 1. The number of nitrogens with two attached hydrogens (primary N) is 1. The summed E-state index contributed by atoms with van der Waals surface area (Å²) in [6.07, 6.45) is 9.51. The number of nitrogens with zero attached hydrogens (tertiary/aromatic N) is 1. The summed E-state index contributed by atoms with van der Waals surface area (Å²) < 4.78 is 0. The third-order valence-electron chi connectivity index (χ3n) is 4.80. The summed E-state index contributed by atoms with van der Waals surface area (Å²) in [6.45, 7) is 0. The molecule has 0 spiro atoms. The molecular weight excluding hydrogens is 272 g/mol. The van der Waals surface area contributed by atoms with Crippen LogP contribution in [0, 0.1) is 17.8 Å². The van der Waals surface area contributed by atoms with E-state index in [1.807, 2.05) is 6.08 Å². The SMILES string of the molecule is Nc1nc(/C(=C/C2CCC3CCCCC23)C(=O)O)cs1. The molecule has 4 nitrogen and oxygen atoms in total. The van der Waals surface area contributed by atoms with Gasteiger partial charge < -0.3 is 10.8 Å². The van der Waals surface area contributed by atoms with E-state index in [1.165, 1.54) is 43.4 Å². The van der Waals surface area contributed by atoms with Gasteiger partial charge >= 0.3 is 5.97 Å². The molecule has 5 heteroatoms. The highest BCUT2D eigenvalue weighted by Crippen LogP contribution is 2.47. The van der Waals surface area contributed by atoms with Crippen molar-refractivity contribution in [3.8, 4) is 0 Å². The molecule has 2 saturated carbocycles. The number of hydrogen-bond donors (Lipinski definition) is 2. The highest BCUT2D eigenvalue weighted by Gasteiger charge is 2.36. The van der Waals surface area contributed by atoms with Crippen molar-refractivity contribution in [2.24, 2.45) is 17.8 Å². The minimum absolute atomic E-state index is 0.328. The maximum atomic E-state index is 11.5. The van der Waals surface area contributed by atoms with Crippen molar-refractivity contribution >= 4 is 28.0 Å². The molecule has 3 atom stereocenters. The second-order valence-corrected chi connectivity index (χ2v) is 6.80. The molecule has 108 valence electrons. The molecule has 1 aromatic rings. The lowest BCUT2D eigenvalue weighted by Crippen LogP contribution is -2.18. The summed E-state index contributed by atoms with van der Waals surface area (Å²) in [7, 11) is 0. The third-order valence-corrected chi connectivity index (χ3v) is 5.47. The second-order valence-electron chi connectivity index (χ2n) is 5.91. The fraction of sp³-hybridized carbons (Fsp3) is 0.600. The van der Waals surface area contributed by atoms with Gasteiger partial charge in [0.25, 0.3) is 0 Å². The molecule has 2 aliphatic rings. The number of anilines is 1. The quantitative estimate of drug-likeness (QED) is 0.837. The van der Waals surface area contributed by atoms with Crippen molar-refractivity contribution in [1.29, 1.82) is 0 Å². The monoisotopic (exact) mass is 292 g/mol. The Morgan fingerprint density at radius 2 is 2.15 bits per heavy atom. The molecule has 0 radical (unpaired) electrons. The Balaban J connectivity index is 1.86. The number of fused-ring (bicyclic) bond motifs is 1. The van der Waals surface area contributed by atoms with Gasteiger partial charge in [-0.1, -0.05) is 25.3 Å². The number of aromatic nitrogens is 1. The van der Waals surface area contributed by atoms with Crippen LogP contribution < -0.4 is 5.73 Å². The van der Waals surface area contributed by atoms with Crippen LogP contribution in [0.5, 0.6) is 0 Å².